The van der Waals surface area contributed by atoms with Gasteiger partial charge in [0.1, 0.15) is 11.6 Å². The molecule has 2 aromatic heterocycles. The van der Waals surface area contributed by atoms with Crippen LogP contribution in [0.25, 0.3) is 83.9 Å². The molecule has 5 heteroatoms. The Bertz CT molecular complexity index is 3750. The number of hydrogen-bond donors (Lipinski definition) is 1. The molecule has 0 aliphatic heterocycles. The number of rotatable bonds is 7. The van der Waals surface area contributed by atoms with Crippen molar-refractivity contribution in [3.8, 4) is 78.6 Å². The van der Waals surface area contributed by atoms with E-state index in [1.54, 1.807) is 12.3 Å². The number of aromatic nitrogens is 3. The smallest absolute Gasteiger partial charge is 0.148 e. The van der Waals surface area contributed by atoms with Gasteiger partial charge in [-0.25, -0.2) is 4.98 Å². The fourth-order valence-corrected chi connectivity index (χ4v) is 9.81. The van der Waals surface area contributed by atoms with Gasteiger partial charge in [0.15, 0.2) is 0 Å². The Labute approximate surface area is 462 Å². The second-order valence-electron chi connectivity index (χ2n) is 25.1. The Morgan fingerprint density at radius 3 is 1.73 bits per heavy atom. The molecule has 0 aliphatic rings. The molecule has 0 fully saturated rings. The molecule has 0 unspecified atom stereocenters. The zero-order chi connectivity index (χ0) is 56.1. The van der Waals surface area contributed by atoms with Crippen LogP contribution in [-0.4, -0.2) is 19.6 Å². The summed E-state index contributed by atoms with van der Waals surface area (Å²) in [6.45, 7) is 34.3. The van der Waals surface area contributed by atoms with Gasteiger partial charge < -0.3 is 5.11 Å². The molecule has 0 radical (unpaired) electrons. The van der Waals surface area contributed by atoms with E-state index in [2.05, 4.69) is 210 Å². The molecule has 4 nitrogen and oxygen atoms in total. The van der Waals surface area contributed by atoms with Gasteiger partial charge in [-0.05, 0) is 120 Å². The molecular formula is C69H74N3OPt-. The molecule has 2 heterocycles. The first kappa shape index (κ1) is 48.6. The number of fused-ring (bicyclic) bond motifs is 1. The Morgan fingerprint density at radius 1 is 0.500 bits per heavy atom. The first-order chi connectivity index (χ1) is 35.9. The maximum absolute atomic E-state index is 12.7. The standard InChI is InChI=1S/C69H74N3O.Pt/c1-43-36-47(61-53(45-22-18-17-19-23-45)24-20-26-56(61)68(11,12)13)30-33-59(43)72-60-27-21-25-54(62(60)71-64(72)55-41-52(67(8,9)10)42-57(63(55)73)69(14,15)16)48-37-49(39-51(38-48)66(5,6)7)58-40-46(34-35-70-58)44-28-31-50(32-29-44)65(2,3)4;/h17-36,38-42,73H,1-16H3;/q-1;/i28D,29D,31D,32D;. The summed E-state index contributed by atoms with van der Waals surface area (Å²) in [5, 5.41) is 12.7. The maximum Gasteiger partial charge on any atom is 0.148 e. The van der Waals surface area contributed by atoms with Gasteiger partial charge in [-0.15, -0.1) is 29.3 Å². The summed E-state index contributed by atoms with van der Waals surface area (Å²) < 4.78 is 38.5. The van der Waals surface area contributed by atoms with Crippen LogP contribution in [0.4, 0.5) is 0 Å². The predicted octanol–water partition coefficient (Wildman–Crippen LogP) is 18.7. The van der Waals surface area contributed by atoms with Crippen molar-refractivity contribution in [3.05, 3.63) is 191 Å². The van der Waals surface area contributed by atoms with Gasteiger partial charge in [0, 0.05) is 38.5 Å². The van der Waals surface area contributed by atoms with E-state index < -0.39 is 5.41 Å². The Hall–Kier alpha value is -6.35. The second-order valence-corrected chi connectivity index (χ2v) is 25.1. The maximum atomic E-state index is 12.7. The van der Waals surface area contributed by atoms with E-state index in [1.807, 2.05) is 26.8 Å². The van der Waals surface area contributed by atoms with Crippen LogP contribution in [0.5, 0.6) is 5.75 Å². The minimum absolute atomic E-state index is 0. The van der Waals surface area contributed by atoms with Crippen LogP contribution in [0.1, 0.15) is 143 Å². The van der Waals surface area contributed by atoms with Gasteiger partial charge in [0.25, 0.3) is 0 Å². The van der Waals surface area contributed by atoms with Crippen LogP contribution in [0.2, 0.25) is 0 Å². The zero-order valence-corrected chi connectivity index (χ0v) is 48.5. The van der Waals surface area contributed by atoms with Crippen LogP contribution in [0.3, 0.4) is 0 Å². The molecule has 0 saturated heterocycles. The fourth-order valence-electron chi connectivity index (χ4n) is 9.81. The third kappa shape index (κ3) is 10.6. The average molecular weight is 1160 g/mol. The van der Waals surface area contributed by atoms with Crippen molar-refractivity contribution in [2.45, 2.75) is 138 Å². The van der Waals surface area contributed by atoms with Crippen LogP contribution in [0.15, 0.2) is 152 Å². The number of para-hydroxylation sites is 1. The van der Waals surface area contributed by atoms with Crippen LogP contribution in [0, 0.1) is 13.0 Å². The Morgan fingerprint density at radius 2 is 1.11 bits per heavy atom. The summed E-state index contributed by atoms with van der Waals surface area (Å²) in [5.41, 5.74) is 15.7. The summed E-state index contributed by atoms with van der Waals surface area (Å²) in [4.78, 5) is 10.5. The van der Waals surface area contributed by atoms with Gasteiger partial charge in [0.05, 0.1) is 27.8 Å². The predicted molar refractivity (Wildman–Crippen MR) is 310 cm³/mol. The number of aryl methyl sites for hydroxylation is 1. The van der Waals surface area contributed by atoms with Crippen molar-refractivity contribution in [1.29, 1.82) is 0 Å². The summed E-state index contributed by atoms with van der Waals surface area (Å²) in [5.74, 6) is 0.824. The van der Waals surface area contributed by atoms with Crippen molar-refractivity contribution in [2.24, 2.45) is 0 Å². The Balaban J connectivity index is 0.00000803. The zero-order valence-electron chi connectivity index (χ0n) is 50.2. The van der Waals surface area contributed by atoms with E-state index in [4.69, 9.17) is 15.5 Å². The van der Waals surface area contributed by atoms with Crippen molar-refractivity contribution in [2.75, 3.05) is 0 Å². The molecule has 74 heavy (non-hydrogen) atoms. The van der Waals surface area contributed by atoms with Crippen LogP contribution < -0.4 is 0 Å². The molecule has 0 atom stereocenters. The van der Waals surface area contributed by atoms with E-state index in [0.29, 0.717) is 28.2 Å². The van der Waals surface area contributed by atoms with Crippen molar-refractivity contribution in [3.63, 3.8) is 0 Å². The third-order valence-corrected chi connectivity index (χ3v) is 14.1. The quantitative estimate of drug-likeness (QED) is 0.162. The van der Waals surface area contributed by atoms with Gasteiger partial charge in [0.2, 0.25) is 0 Å². The molecule has 0 bridgehead atoms. The number of phenolic OH excluding ortho intramolecular Hbond substituents is 1. The molecular weight excluding hydrogens is 1080 g/mol. The van der Waals surface area contributed by atoms with Crippen molar-refractivity contribution >= 4 is 11.0 Å². The molecule has 1 N–H and O–H groups in total. The number of nitrogens with zero attached hydrogens (tertiary/aromatic N) is 3. The van der Waals surface area contributed by atoms with Gasteiger partial charge in [-0.3, -0.25) is 9.55 Å². The summed E-state index contributed by atoms with van der Waals surface area (Å²) in [6.07, 6.45) is 1.67. The van der Waals surface area contributed by atoms with Gasteiger partial charge in [-0.2, -0.15) is 0 Å². The first-order valence-corrected chi connectivity index (χ1v) is 25.7. The molecule has 0 spiro atoms. The van der Waals surface area contributed by atoms with E-state index >= 15 is 0 Å². The van der Waals surface area contributed by atoms with E-state index in [9.17, 15) is 5.11 Å². The SMILES string of the molecule is [2H]c1c([2H])c(C(C)(C)C)c([2H])c([2H])c1-c1ccnc(-c2[c-]c(-c3cccc4c3nc(-c3cc(C(C)(C)C)cc(C(C)(C)C)c3O)n4-c3ccc(-c4c(-c5ccccc5)cccc4C(C)(C)C)cc3C)cc(C(C)(C)C)c2)c1.[Pt]. The normalized spacial score (nSPS) is 13.3. The van der Waals surface area contributed by atoms with Crippen molar-refractivity contribution in [1.82, 2.24) is 14.5 Å². The van der Waals surface area contributed by atoms with Crippen molar-refractivity contribution < 1.29 is 31.7 Å². The molecule has 9 rings (SSSR count). The average Bonchev–Trinajstić information content (AvgIpc) is 3.90. The topological polar surface area (TPSA) is 50.9 Å². The number of benzene rings is 7. The summed E-state index contributed by atoms with van der Waals surface area (Å²) in [7, 11) is 0. The molecule has 0 aliphatic carbocycles. The second kappa shape index (κ2) is 19.7. The van der Waals surface area contributed by atoms with E-state index in [-0.39, 0.29) is 78.2 Å². The minimum Gasteiger partial charge on any atom is -0.507 e. The fraction of sp³-hybridized carbons (Fsp3) is 0.304. The van der Waals surface area contributed by atoms with E-state index in [0.717, 1.165) is 66.8 Å². The Kier molecular flexibility index (Phi) is 13.0. The first-order valence-electron chi connectivity index (χ1n) is 27.7. The van der Waals surface area contributed by atoms with Gasteiger partial charge in [-0.1, -0.05) is 218 Å². The number of phenols is 1. The number of aromatic hydroxyl groups is 1. The molecule has 9 aromatic rings. The number of imidazole rings is 1. The number of hydrogen-bond acceptors (Lipinski definition) is 3. The molecule has 0 amide bonds. The summed E-state index contributed by atoms with van der Waals surface area (Å²) >= 11 is 0. The molecule has 0 saturated carbocycles. The molecule has 7 aromatic carbocycles. The van der Waals surface area contributed by atoms with E-state index in [1.165, 1.54) is 16.7 Å². The van der Waals surface area contributed by atoms with Crippen LogP contribution >= 0.6 is 0 Å². The third-order valence-electron chi connectivity index (χ3n) is 14.1. The monoisotopic (exact) mass is 1160 g/mol. The summed E-state index contributed by atoms with van der Waals surface area (Å²) in [6, 6.07) is 46.0. The largest absolute Gasteiger partial charge is 0.507 e. The van der Waals surface area contributed by atoms with Crippen LogP contribution in [-0.2, 0) is 48.1 Å². The minimum atomic E-state index is -0.582. The van der Waals surface area contributed by atoms with Gasteiger partial charge >= 0.3 is 0 Å². The number of pyridine rings is 1. The molecule has 382 valence electrons.